The highest BCUT2D eigenvalue weighted by molar-refractivity contribution is 6.33. The Labute approximate surface area is 124 Å². The first-order valence-electron chi connectivity index (χ1n) is 7.34. The van der Waals surface area contributed by atoms with Crippen molar-refractivity contribution in [2.75, 3.05) is 0 Å². The Kier molecular flexibility index (Phi) is 2.72. The zero-order valence-electron chi connectivity index (χ0n) is 10.9. The molecule has 3 aliphatic carbocycles. The van der Waals surface area contributed by atoms with Gasteiger partial charge in [-0.05, 0) is 73.1 Å². The third-order valence-corrected chi connectivity index (χ3v) is 6.56. The summed E-state index contributed by atoms with van der Waals surface area (Å²) in [7, 11) is 0. The second kappa shape index (κ2) is 4.13. The molecule has 0 aromatic heterocycles. The Balaban J connectivity index is 1.77. The van der Waals surface area contributed by atoms with Gasteiger partial charge in [0.15, 0.2) is 0 Å². The van der Waals surface area contributed by atoms with E-state index >= 15 is 0 Å². The fourth-order valence-corrected chi connectivity index (χ4v) is 5.82. The van der Waals surface area contributed by atoms with E-state index in [0.717, 1.165) is 39.8 Å². The van der Waals surface area contributed by atoms with E-state index in [1.165, 1.54) is 25.7 Å². The summed E-state index contributed by atoms with van der Waals surface area (Å²) < 4.78 is 0. The maximum atomic E-state index is 6.85. The lowest BCUT2D eigenvalue weighted by Gasteiger charge is -2.41. The minimum absolute atomic E-state index is 0.238. The highest BCUT2D eigenvalue weighted by Crippen LogP contribution is 2.64. The molecule has 1 aromatic rings. The van der Waals surface area contributed by atoms with Crippen molar-refractivity contribution in [3.63, 3.8) is 0 Å². The third-order valence-electron chi connectivity index (χ3n) is 6.00. The molecule has 0 spiro atoms. The Morgan fingerprint density at radius 2 is 1.95 bits per heavy atom. The van der Waals surface area contributed by atoms with Crippen LogP contribution in [0.15, 0.2) is 18.2 Å². The first-order valence-corrected chi connectivity index (χ1v) is 8.09. The van der Waals surface area contributed by atoms with Crippen LogP contribution >= 0.6 is 23.2 Å². The number of rotatable bonds is 1. The molecule has 3 aliphatic rings. The van der Waals surface area contributed by atoms with Crippen LogP contribution in [0.5, 0.6) is 0 Å². The van der Waals surface area contributed by atoms with Crippen molar-refractivity contribution in [3.8, 4) is 0 Å². The van der Waals surface area contributed by atoms with Crippen molar-refractivity contribution in [2.45, 2.75) is 37.6 Å². The van der Waals surface area contributed by atoms with Crippen LogP contribution in [-0.4, -0.2) is 0 Å². The van der Waals surface area contributed by atoms with Gasteiger partial charge in [0, 0.05) is 15.6 Å². The van der Waals surface area contributed by atoms with Crippen molar-refractivity contribution in [1.29, 1.82) is 0 Å². The summed E-state index contributed by atoms with van der Waals surface area (Å²) in [6.07, 6.45) is 6.57. The van der Waals surface area contributed by atoms with E-state index in [1.54, 1.807) is 0 Å². The van der Waals surface area contributed by atoms with Gasteiger partial charge in [0.25, 0.3) is 0 Å². The smallest absolute Gasteiger partial charge is 0.0459 e. The van der Waals surface area contributed by atoms with Gasteiger partial charge in [-0.1, -0.05) is 29.6 Å². The van der Waals surface area contributed by atoms with Gasteiger partial charge in [-0.25, -0.2) is 0 Å². The molecular weight excluding hydrogens is 277 g/mol. The number of nitrogens with two attached hydrogens (primary N) is 1. The summed E-state index contributed by atoms with van der Waals surface area (Å²) >= 11 is 12.6. The minimum Gasteiger partial charge on any atom is -0.321 e. The van der Waals surface area contributed by atoms with E-state index < -0.39 is 0 Å². The number of halogens is 2. The van der Waals surface area contributed by atoms with Crippen molar-refractivity contribution >= 4 is 23.2 Å². The standard InChI is InChI=1S/C16H19Cl2N/c17-10-4-5-15(18)14(7-10)16(19)8-9-6-13(16)12-3-1-2-11(9)12/h4-5,7,9,11-13H,1-3,6,8,19H2. The van der Waals surface area contributed by atoms with Crippen LogP contribution in [0, 0.1) is 23.7 Å². The van der Waals surface area contributed by atoms with Crippen LogP contribution < -0.4 is 5.73 Å². The number of fused-ring (bicyclic) bond motifs is 5. The molecule has 0 radical (unpaired) electrons. The van der Waals surface area contributed by atoms with Crippen LogP contribution in [0.3, 0.4) is 0 Å². The molecule has 1 nitrogen and oxygen atoms in total. The van der Waals surface area contributed by atoms with Gasteiger partial charge in [-0.2, -0.15) is 0 Å². The van der Waals surface area contributed by atoms with Crippen molar-refractivity contribution in [1.82, 2.24) is 0 Å². The molecule has 102 valence electrons. The second-order valence-electron chi connectivity index (χ2n) is 6.73. The summed E-state index contributed by atoms with van der Waals surface area (Å²) in [6.45, 7) is 0. The number of hydrogen-bond donors (Lipinski definition) is 1. The Hall–Kier alpha value is -0.240. The zero-order valence-corrected chi connectivity index (χ0v) is 12.4. The molecule has 3 saturated carbocycles. The van der Waals surface area contributed by atoms with Gasteiger partial charge in [0.2, 0.25) is 0 Å². The summed E-state index contributed by atoms with van der Waals surface area (Å²) in [5.41, 5.74) is 7.69. The Morgan fingerprint density at radius 1 is 1.16 bits per heavy atom. The Morgan fingerprint density at radius 3 is 2.79 bits per heavy atom. The molecule has 0 aliphatic heterocycles. The molecular formula is C16H19Cl2N. The summed E-state index contributed by atoms with van der Waals surface area (Å²) in [5, 5.41) is 1.53. The maximum absolute atomic E-state index is 6.85. The molecule has 0 amide bonds. The number of benzene rings is 1. The molecule has 0 saturated heterocycles. The lowest BCUT2D eigenvalue weighted by molar-refractivity contribution is 0.157. The molecule has 19 heavy (non-hydrogen) atoms. The van der Waals surface area contributed by atoms with Crippen molar-refractivity contribution in [3.05, 3.63) is 33.8 Å². The monoisotopic (exact) mass is 295 g/mol. The van der Waals surface area contributed by atoms with E-state index in [-0.39, 0.29) is 5.54 Å². The molecule has 2 N–H and O–H groups in total. The molecule has 4 rings (SSSR count). The highest BCUT2D eigenvalue weighted by atomic mass is 35.5. The van der Waals surface area contributed by atoms with Gasteiger partial charge in [0.05, 0.1) is 0 Å². The lowest BCUT2D eigenvalue weighted by atomic mass is 9.68. The summed E-state index contributed by atoms with van der Waals surface area (Å²) in [4.78, 5) is 0. The molecule has 0 heterocycles. The minimum atomic E-state index is -0.238. The molecule has 5 unspecified atom stereocenters. The van der Waals surface area contributed by atoms with E-state index in [4.69, 9.17) is 28.9 Å². The molecule has 2 bridgehead atoms. The highest BCUT2D eigenvalue weighted by Gasteiger charge is 2.60. The molecule has 3 fully saturated rings. The second-order valence-corrected chi connectivity index (χ2v) is 7.57. The van der Waals surface area contributed by atoms with Crippen LogP contribution in [0.25, 0.3) is 0 Å². The van der Waals surface area contributed by atoms with Crippen LogP contribution in [0.4, 0.5) is 0 Å². The predicted molar refractivity (Wildman–Crippen MR) is 79.4 cm³/mol. The maximum Gasteiger partial charge on any atom is 0.0459 e. The average Bonchev–Trinajstić information content (AvgIpc) is 3.02. The van der Waals surface area contributed by atoms with E-state index in [0.29, 0.717) is 5.92 Å². The fourth-order valence-electron chi connectivity index (χ4n) is 5.35. The normalized spacial score (nSPS) is 43.7. The van der Waals surface area contributed by atoms with Crippen LogP contribution in [-0.2, 0) is 5.54 Å². The quantitative estimate of drug-likeness (QED) is 0.805. The first-order chi connectivity index (χ1) is 9.09. The summed E-state index contributed by atoms with van der Waals surface area (Å²) in [6, 6.07) is 5.74. The first kappa shape index (κ1) is 12.5. The molecule has 1 aromatic carbocycles. The average molecular weight is 296 g/mol. The van der Waals surface area contributed by atoms with E-state index in [1.807, 2.05) is 18.2 Å². The van der Waals surface area contributed by atoms with E-state index in [2.05, 4.69) is 0 Å². The Bertz CT molecular complexity index is 529. The predicted octanol–water partition coefficient (Wildman–Crippen LogP) is 4.60. The van der Waals surface area contributed by atoms with E-state index in [9.17, 15) is 0 Å². The van der Waals surface area contributed by atoms with Gasteiger partial charge in [-0.3, -0.25) is 0 Å². The fraction of sp³-hybridized carbons (Fsp3) is 0.625. The molecule has 3 heteroatoms. The van der Waals surface area contributed by atoms with Crippen molar-refractivity contribution < 1.29 is 0 Å². The van der Waals surface area contributed by atoms with Gasteiger partial charge in [-0.15, -0.1) is 0 Å². The van der Waals surface area contributed by atoms with Crippen LogP contribution in [0.2, 0.25) is 10.0 Å². The van der Waals surface area contributed by atoms with Gasteiger partial charge in [0.1, 0.15) is 0 Å². The van der Waals surface area contributed by atoms with Crippen molar-refractivity contribution in [2.24, 2.45) is 29.4 Å². The molecule has 5 atom stereocenters. The largest absolute Gasteiger partial charge is 0.321 e. The lowest BCUT2D eigenvalue weighted by Crippen LogP contribution is -2.46. The van der Waals surface area contributed by atoms with Gasteiger partial charge < -0.3 is 5.73 Å². The van der Waals surface area contributed by atoms with Gasteiger partial charge >= 0.3 is 0 Å². The topological polar surface area (TPSA) is 26.0 Å². The summed E-state index contributed by atoms with van der Waals surface area (Å²) in [5.74, 6) is 3.21. The SMILES string of the molecule is NC1(c2cc(Cl)ccc2Cl)CC2CC1C1CCCC21. The third kappa shape index (κ3) is 1.65. The van der Waals surface area contributed by atoms with Crippen LogP contribution in [0.1, 0.15) is 37.7 Å². The number of hydrogen-bond acceptors (Lipinski definition) is 1. The zero-order chi connectivity index (χ0) is 13.2.